The lowest BCUT2D eigenvalue weighted by Crippen LogP contribution is -2.44. The molecule has 0 aromatic heterocycles. The first-order valence-corrected chi connectivity index (χ1v) is 4.95. The molecule has 2 heterocycles. The van der Waals surface area contributed by atoms with Gasteiger partial charge in [0.25, 0.3) is 0 Å². The fraction of sp³-hybridized carbons (Fsp3) is 1.00. The largest absolute Gasteiger partial charge is 0.353 e. The highest BCUT2D eigenvalue weighted by Crippen LogP contribution is 2.46. The molecule has 0 aromatic rings. The molecule has 0 aromatic carbocycles. The zero-order valence-corrected chi connectivity index (χ0v) is 9.37. The molecule has 0 radical (unpaired) electrons. The summed E-state index contributed by atoms with van der Waals surface area (Å²) in [6.45, 7) is 7.78. The number of hydrogen-bond donors (Lipinski definition) is 0. The van der Waals surface area contributed by atoms with Gasteiger partial charge in [-0.2, -0.15) is 0 Å². The number of rotatable bonds is 1. The van der Waals surface area contributed by atoms with Gasteiger partial charge in [0.05, 0.1) is 6.10 Å². The van der Waals surface area contributed by atoms with Crippen molar-refractivity contribution in [3.05, 3.63) is 0 Å². The Kier molecular flexibility index (Phi) is 2.16. The van der Waals surface area contributed by atoms with Crippen molar-refractivity contribution in [1.29, 1.82) is 0 Å². The van der Waals surface area contributed by atoms with Crippen LogP contribution in [0.2, 0.25) is 0 Å². The molecule has 0 bridgehead atoms. The molecule has 4 nitrogen and oxygen atoms in total. The summed E-state index contributed by atoms with van der Waals surface area (Å²) >= 11 is 0. The lowest BCUT2D eigenvalue weighted by atomic mass is 9.98. The van der Waals surface area contributed by atoms with Crippen LogP contribution >= 0.6 is 0 Å². The fourth-order valence-electron chi connectivity index (χ4n) is 2.47. The molecule has 0 saturated carbocycles. The van der Waals surface area contributed by atoms with Crippen LogP contribution in [0.15, 0.2) is 0 Å². The van der Waals surface area contributed by atoms with Gasteiger partial charge < -0.3 is 18.9 Å². The van der Waals surface area contributed by atoms with Crippen LogP contribution in [-0.2, 0) is 18.9 Å². The molecular formula is C10H18O4. The second kappa shape index (κ2) is 2.92. The number of ether oxygens (including phenoxy) is 4. The Balaban J connectivity index is 2.27. The van der Waals surface area contributed by atoms with Crippen molar-refractivity contribution in [2.75, 3.05) is 7.11 Å². The summed E-state index contributed by atoms with van der Waals surface area (Å²) in [6, 6.07) is 0. The van der Waals surface area contributed by atoms with E-state index in [1.54, 1.807) is 7.11 Å². The standard InChI is InChI=1S/C10H18O4/c1-6-7-10(4,8(11-5)12-6)14-9(2,3)13-7/h6-8H,1-5H3. The Morgan fingerprint density at radius 3 is 2.43 bits per heavy atom. The van der Waals surface area contributed by atoms with Crippen molar-refractivity contribution in [3.63, 3.8) is 0 Å². The lowest BCUT2D eigenvalue weighted by Gasteiger charge is -2.28. The highest BCUT2D eigenvalue weighted by Gasteiger charge is 2.62. The van der Waals surface area contributed by atoms with Crippen molar-refractivity contribution in [3.8, 4) is 0 Å². The highest BCUT2D eigenvalue weighted by atomic mass is 16.8. The minimum absolute atomic E-state index is 0.00623. The van der Waals surface area contributed by atoms with Crippen LogP contribution in [0.5, 0.6) is 0 Å². The molecule has 2 saturated heterocycles. The average Bonchev–Trinajstić information content (AvgIpc) is 2.42. The van der Waals surface area contributed by atoms with Gasteiger partial charge in [-0.25, -0.2) is 0 Å². The van der Waals surface area contributed by atoms with E-state index in [0.717, 1.165) is 0 Å². The molecule has 0 amide bonds. The minimum atomic E-state index is -0.547. The van der Waals surface area contributed by atoms with Gasteiger partial charge in [0.2, 0.25) is 0 Å². The zero-order valence-electron chi connectivity index (χ0n) is 9.37. The zero-order chi connectivity index (χ0) is 10.6. The first-order chi connectivity index (χ1) is 6.39. The van der Waals surface area contributed by atoms with Crippen LogP contribution in [-0.4, -0.2) is 37.0 Å². The molecular weight excluding hydrogens is 184 g/mol. The van der Waals surface area contributed by atoms with E-state index in [2.05, 4.69) is 0 Å². The van der Waals surface area contributed by atoms with Crippen LogP contribution in [0, 0.1) is 0 Å². The van der Waals surface area contributed by atoms with Gasteiger partial charge in [0, 0.05) is 7.11 Å². The maximum atomic E-state index is 5.86. The normalized spacial score (nSPS) is 50.8. The Morgan fingerprint density at radius 2 is 1.86 bits per heavy atom. The van der Waals surface area contributed by atoms with Gasteiger partial charge in [-0.05, 0) is 27.7 Å². The van der Waals surface area contributed by atoms with Crippen LogP contribution in [0.1, 0.15) is 27.7 Å². The molecule has 4 heteroatoms. The van der Waals surface area contributed by atoms with Gasteiger partial charge >= 0.3 is 0 Å². The van der Waals surface area contributed by atoms with Gasteiger partial charge in [-0.15, -0.1) is 0 Å². The van der Waals surface area contributed by atoms with Gasteiger partial charge in [0.1, 0.15) is 11.7 Å². The first-order valence-electron chi connectivity index (χ1n) is 4.95. The molecule has 0 N–H and O–H groups in total. The second-order valence-corrected chi connectivity index (χ2v) is 4.63. The third-order valence-corrected chi connectivity index (χ3v) is 2.89. The molecule has 14 heavy (non-hydrogen) atoms. The molecule has 4 unspecified atom stereocenters. The topological polar surface area (TPSA) is 36.9 Å². The third-order valence-electron chi connectivity index (χ3n) is 2.89. The smallest absolute Gasteiger partial charge is 0.189 e. The summed E-state index contributed by atoms with van der Waals surface area (Å²) in [5.41, 5.74) is -0.488. The summed E-state index contributed by atoms with van der Waals surface area (Å²) in [4.78, 5) is 0. The monoisotopic (exact) mass is 202 g/mol. The Hall–Kier alpha value is -0.160. The van der Waals surface area contributed by atoms with E-state index in [9.17, 15) is 0 Å². The van der Waals surface area contributed by atoms with Crippen molar-refractivity contribution < 1.29 is 18.9 Å². The Morgan fingerprint density at radius 1 is 1.21 bits per heavy atom. The molecule has 0 spiro atoms. The average molecular weight is 202 g/mol. The predicted octanol–water partition coefficient (Wildman–Crippen LogP) is 1.29. The van der Waals surface area contributed by atoms with Crippen LogP contribution in [0.3, 0.4) is 0 Å². The van der Waals surface area contributed by atoms with Crippen LogP contribution in [0.25, 0.3) is 0 Å². The molecule has 82 valence electrons. The van der Waals surface area contributed by atoms with E-state index < -0.39 is 11.4 Å². The summed E-state index contributed by atoms with van der Waals surface area (Å²) in [5.74, 6) is -0.547. The van der Waals surface area contributed by atoms with E-state index >= 15 is 0 Å². The maximum Gasteiger partial charge on any atom is 0.189 e. The lowest BCUT2D eigenvalue weighted by molar-refractivity contribution is -0.247. The number of fused-ring (bicyclic) bond motifs is 1. The SMILES string of the molecule is COC1OC(C)C2OC(C)(C)OC12C. The van der Waals surface area contributed by atoms with E-state index in [0.29, 0.717) is 0 Å². The second-order valence-electron chi connectivity index (χ2n) is 4.63. The Bertz CT molecular complexity index is 240. The molecule has 0 aliphatic carbocycles. The number of methoxy groups -OCH3 is 1. The van der Waals surface area contributed by atoms with E-state index in [4.69, 9.17) is 18.9 Å². The molecule has 4 atom stereocenters. The summed E-state index contributed by atoms with van der Waals surface area (Å²) in [5, 5.41) is 0. The van der Waals surface area contributed by atoms with Crippen molar-refractivity contribution in [2.45, 2.75) is 57.6 Å². The summed E-state index contributed by atoms with van der Waals surface area (Å²) in [7, 11) is 1.62. The summed E-state index contributed by atoms with van der Waals surface area (Å²) in [6.07, 6.45) is -0.390. The maximum absolute atomic E-state index is 5.86. The van der Waals surface area contributed by atoms with Crippen molar-refractivity contribution in [2.24, 2.45) is 0 Å². The van der Waals surface area contributed by atoms with Gasteiger partial charge in [0.15, 0.2) is 12.1 Å². The Labute approximate surface area is 84.5 Å². The molecule has 2 fully saturated rings. The highest BCUT2D eigenvalue weighted by molar-refractivity contribution is 5.03. The third kappa shape index (κ3) is 1.29. The molecule has 2 aliphatic rings. The minimum Gasteiger partial charge on any atom is -0.353 e. The number of hydrogen-bond acceptors (Lipinski definition) is 4. The van der Waals surface area contributed by atoms with Gasteiger partial charge in [-0.3, -0.25) is 0 Å². The van der Waals surface area contributed by atoms with E-state index in [1.807, 2.05) is 27.7 Å². The quantitative estimate of drug-likeness (QED) is 0.642. The van der Waals surface area contributed by atoms with Crippen molar-refractivity contribution in [1.82, 2.24) is 0 Å². The summed E-state index contributed by atoms with van der Waals surface area (Å²) < 4.78 is 22.5. The molecule has 2 aliphatic heterocycles. The van der Waals surface area contributed by atoms with Gasteiger partial charge in [-0.1, -0.05) is 0 Å². The van der Waals surface area contributed by atoms with Crippen LogP contribution in [0.4, 0.5) is 0 Å². The first kappa shape index (κ1) is 10.4. The predicted molar refractivity (Wildman–Crippen MR) is 49.8 cm³/mol. The molecule has 2 rings (SSSR count). The van der Waals surface area contributed by atoms with E-state index in [1.165, 1.54) is 0 Å². The van der Waals surface area contributed by atoms with Crippen molar-refractivity contribution >= 4 is 0 Å². The van der Waals surface area contributed by atoms with E-state index in [-0.39, 0.29) is 18.5 Å². The fourth-order valence-corrected chi connectivity index (χ4v) is 2.47. The van der Waals surface area contributed by atoms with Crippen LogP contribution < -0.4 is 0 Å².